The van der Waals surface area contributed by atoms with Crippen LogP contribution >= 0.6 is 0 Å². The summed E-state index contributed by atoms with van der Waals surface area (Å²) in [6.07, 6.45) is 11.3. The van der Waals surface area contributed by atoms with Crippen molar-refractivity contribution < 1.29 is 13.9 Å². The fraction of sp³-hybridized carbons (Fsp3) is 0.512. The van der Waals surface area contributed by atoms with Crippen molar-refractivity contribution in [2.45, 2.75) is 116 Å². The first-order valence-corrected chi connectivity index (χ1v) is 19.3. The van der Waals surface area contributed by atoms with Crippen LogP contribution in [-0.4, -0.2) is 33.2 Å². The van der Waals surface area contributed by atoms with Gasteiger partial charge in [0.25, 0.3) is 8.32 Å². The normalized spacial score (nSPS) is 19.5. The lowest BCUT2D eigenvalue weighted by Crippen LogP contribution is -2.68. The van der Waals surface area contributed by atoms with E-state index in [1.165, 1.54) is 28.8 Å². The van der Waals surface area contributed by atoms with Crippen LogP contribution in [0.4, 0.5) is 0 Å². The van der Waals surface area contributed by atoms with Crippen LogP contribution in [-0.2, 0) is 20.5 Å². The van der Waals surface area contributed by atoms with Crippen LogP contribution in [0.15, 0.2) is 104 Å². The van der Waals surface area contributed by atoms with Gasteiger partial charge < -0.3 is 13.9 Å². The third-order valence-electron chi connectivity index (χ3n) is 9.46. The molecule has 0 N–H and O–H groups in total. The van der Waals surface area contributed by atoms with Crippen LogP contribution in [0.3, 0.4) is 0 Å². The molecule has 0 radical (unpaired) electrons. The predicted octanol–water partition coefficient (Wildman–Crippen LogP) is 9.49. The fourth-order valence-corrected chi connectivity index (χ4v) is 12.1. The molecule has 3 aromatic rings. The molecule has 0 bridgehead atoms. The molecule has 1 saturated heterocycles. The maximum atomic E-state index is 7.70. The molecule has 0 saturated carbocycles. The van der Waals surface area contributed by atoms with Crippen LogP contribution < -0.4 is 10.4 Å². The zero-order chi connectivity index (χ0) is 32.1. The number of allylic oxidation sites excluding steroid dienone is 1. The molecule has 1 aliphatic rings. The predicted molar refractivity (Wildman–Crippen MR) is 193 cm³/mol. The van der Waals surface area contributed by atoms with Gasteiger partial charge in [-0.05, 0) is 84.2 Å². The molecule has 0 spiro atoms. The Balaban J connectivity index is 1.56. The van der Waals surface area contributed by atoms with Crippen molar-refractivity contribution in [2.75, 3.05) is 6.61 Å². The molecule has 1 aliphatic heterocycles. The minimum absolute atomic E-state index is 0.0286. The molecule has 4 rings (SSSR count). The van der Waals surface area contributed by atoms with Gasteiger partial charge in [-0.3, -0.25) is 0 Å². The van der Waals surface area contributed by atoms with E-state index in [0.717, 1.165) is 38.5 Å². The van der Waals surface area contributed by atoms with E-state index in [1.807, 2.05) is 0 Å². The highest BCUT2D eigenvalue weighted by molar-refractivity contribution is 6.99. The molecule has 0 aromatic heterocycles. The van der Waals surface area contributed by atoms with E-state index >= 15 is 0 Å². The minimum Gasteiger partial charge on any atom is -0.404 e. The Morgan fingerprint density at radius 2 is 1.38 bits per heavy atom. The highest BCUT2D eigenvalue weighted by Crippen LogP contribution is 2.39. The second-order valence-electron chi connectivity index (χ2n) is 14.5. The van der Waals surface area contributed by atoms with E-state index in [0.29, 0.717) is 31.2 Å². The zero-order valence-corrected chi connectivity index (χ0v) is 29.6. The van der Waals surface area contributed by atoms with E-state index in [9.17, 15) is 0 Å². The molecular formula is C41H58O3Si. The van der Waals surface area contributed by atoms with Crippen molar-refractivity contribution in [1.82, 2.24) is 0 Å². The van der Waals surface area contributed by atoms with Gasteiger partial charge in [0.15, 0.2) is 0 Å². The van der Waals surface area contributed by atoms with Gasteiger partial charge in [-0.1, -0.05) is 132 Å². The summed E-state index contributed by atoms with van der Waals surface area (Å²) in [6.45, 7) is 17.1. The molecule has 1 fully saturated rings. The molecule has 45 heavy (non-hydrogen) atoms. The first kappa shape index (κ1) is 35.4. The van der Waals surface area contributed by atoms with E-state index in [4.69, 9.17) is 13.9 Å². The van der Waals surface area contributed by atoms with Crippen LogP contribution in [0.25, 0.3) is 0 Å². The Labute approximate surface area is 275 Å². The lowest BCUT2D eigenvalue weighted by molar-refractivity contribution is -0.0774. The maximum Gasteiger partial charge on any atom is 0.261 e. The molecule has 4 heteroatoms. The van der Waals surface area contributed by atoms with Crippen LogP contribution in [0.5, 0.6) is 0 Å². The van der Waals surface area contributed by atoms with Crippen LogP contribution in [0.2, 0.25) is 5.04 Å². The van der Waals surface area contributed by atoms with Gasteiger partial charge in [0.05, 0.1) is 24.9 Å². The summed E-state index contributed by atoms with van der Waals surface area (Å²) in [7, 11) is -2.71. The summed E-state index contributed by atoms with van der Waals surface area (Å²) >= 11 is 0. The average Bonchev–Trinajstić information content (AvgIpc) is 3.02. The third-order valence-corrected chi connectivity index (χ3v) is 14.5. The number of benzene rings is 3. The minimum atomic E-state index is -2.71. The van der Waals surface area contributed by atoms with Crippen molar-refractivity contribution in [2.24, 2.45) is 11.8 Å². The number of hydrogen-bond donors (Lipinski definition) is 0. The van der Waals surface area contributed by atoms with Crippen molar-refractivity contribution >= 4 is 18.7 Å². The highest BCUT2D eigenvalue weighted by atomic mass is 28.4. The first-order valence-electron chi connectivity index (χ1n) is 17.4. The Hall–Kier alpha value is -2.50. The van der Waals surface area contributed by atoms with Crippen molar-refractivity contribution in [1.29, 1.82) is 0 Å². The Morgan fingerprint density at radius 1 is 0.822 bits per heavy atom. The highest BCUT2D eigenvalue weighted by Gasteiger charge is 2.51. The average molecular weight is 627 g/mol. The first-order chi connectivity index (χ1) is 21.7. The Bertz CT molecular complexity index is 1200. The molecule has 3 aromatic carbocycles. The molecule has 1 heterocycles. The Morgan fingerprint density at radius 3 is 1.93 bits per heavy atom. The number of rotatable bonds is 17. The lowest BCUT2D eigenvalue weighted by Gasteiger charge is -2.46. The molecule has 5 atom stereocenters. The number of hydrogen-bond acceptors (Lipinski definition) is 3. The largest absolute Gasteiger partial charge is 0.404 e. The van der Waals surface area contributed by atoms with Gasteiger partial charge in [0.2, 0.25) is 0 Å². The number of ether oxygens (including phenoxy) is 2. The van der Waals surface area contributed by atoms with Crippen molar-refractivity contribution in [3.05, 3.63) is 109 Å². The summed E-state index contributed by atoms with van der Waals surface area (Å²) in [6, 6.07) is 32.5. The summed E-state index contributed by atoms with van der Waals surface area (Å²) < 4.78 is 20.9. The zero-order valence-electron chi connectivity index (χ0n) is 28.6. The maximum absolute atomic E-state index is 7.70. The molecule has 0 aliphatic carbocycles. The van der Waals surface area contributed by atoms with Gasteiger partial charge in [-0.15, -0.1) is 6.58 Å². The quantitative estimate of drug-likeness (QED) is 0.0849. The van der Waals surface area contributed by atoms with Gasteiger partial charge in [0.1, 0.15) is 0 Å². The van der Waals surface area contributed by atoms with E-state index in [2.05, 4.69) is 138 Å². The third kappa shape index (κ3) is 10.2. The summed E-state index contributed by atoms with van der Waals surface area (Å²) in [5.41, 5.74) is 1.21. The SMILES string of the molecule is C=CC[C@H](C)C[C@H](C)C[C@H]1CCC[C@@H](C[C@H](CCOCc2ccccc2)O[Si](c2ccccc2)(c2ccccc2)C(C)(C)C)O1. The smallest absolute Gasteiger partial charge is 0.261 e. The summed E-state index contributed by atoms with van der Waals surface area (Å²) in [4.78, 5) is 0. The molecule has 0 unspecified atom stereocenters. The molecule has 3 nitrogen and oxygen atoms in total. The van der Waals surface area contributed by atoms with Gasteiger partial charge in [-0.25, -0.2) is 0 Å². The van der Waals surface area contributed by atoms with E-state index in [-0.39, 0.29) is 17.2 Å². The topological polar surface area (TPSA) is 27.7 Å². The van der Waals surface area contributed by atoms with Gasteiger partial charge >= 0.3 is 0 Å². The molecular weight excluding hydrogens is 569 g/mol. The van der Waals surface area contributed by atoms with Gasteiger partial charge in [-0.2, -0.15) is 0 Å². The lowest BCUT2D eigenvalue weighted by atomic mass is 9.88. The van der Waals surface area contributed by atoms with Crippen molar-refractivity contribution in [3.8, 4) is 0 Å². The monoisotopic (exact) mass is 626 g/mol. The van der Waals surface area contributed by atoms with Crippen LogP contribution in [0, 0.1) is 11.8 Å². The molecule has 244 valence electrons. The Kier molecular flexibility index (Phi) is 13.7. The fourth-order valence-electron chi connectivity index (χ4n) is 7.38. The second-order valence-corrected chi connectivity index (χ2v) is 18.7. The van der Waals surface area contributed by atoms with E-state index < -0.39 is 8.32 Å². The van der Waals surface area contributed by atoms with Crippen molar-refractivity contribution in [3.63, 3.8) is 0 Å². The second kappa shape index (κ2) is 17.4. The van der Waals surface area contributed by atoms with Crippen LogP contribution in [0.1, 0.15) is 91.5 Å². The van der Waals surface area contributed by atoms with Gasteiger partial charge in [0, 0.05) is 6.61 Å². The standard InChI is InChI=1S/C41H58O3Si/c1-7-18-33(2)29-34(3)30-36-21-17-22-37(43-36)31-38(27-28-42-32-35-19-11-8-12-20-35)44-45(41(4,5)6,39-23-13-9-14-24-39)40-25-15-10-16-26-40/h7-16,19-20,23-26,33-34,36-38H,1,17-18,21-22,27-32H2,2-6H3/t33-,34-,36+,37-,38-/m0/s1. The van der Waals surface area contributed by atoms with E-state index in [1.54, 1.807) is 0 Å². The summed E-state index contributed by atoms with van der Waals surface area (Å²) in [5, 5.41) is 2.57. The summed E-state index contributed by atoms with van der Waals surface area (Å²) in [5.74, 6) is 1.33. The molecule has 0 amide bonds.